The number of aliphatic hydroxyl groups excluding tert-OH is 1. The summed E-state index contributed by atoms with van der Waals surface area (Å²) in [6.07, 6.45) is 1.17. The molecule has 0 aromatic carbocycles. The van der Waals surface area contributed by atoms with Crippen LogP contribution in [0.1, 0.15) is 40.5 Å². The van der Waals surface area contributed by atoms with Gasteiger partial charge in [0.1, 0.15) is 11.7 Å². The second kappa shape index (κ2) is 4.18. The van der Waals surface area contributed by atoms with Crippen molar-refractivity contribution in [3.8, 4) is 0 Å². The molecule has 3 aliphatic rings. The van der Waals surface area contributed by atoms with E-state index in [0.29, 0.717) is 13.0 Å². The number of carbonyl (C=O) groups excluding carboxylic acids is 1. The highest BCUT2D eigenvalue weighted by Crippen LogP contribution is 2.66. The van der Waals surface area contributed by atoms with Crippen molar-refractivity contribution in [3.05, 3.63) is 0 Å². The fourth-order valence-corrected chi connectivity index (χ4v) is 4.39. The van der Waals surface area contributed by atoms with Crippen molar-refractivity contribution >= 4 is 5.97 Å². The van der Waals surface area contributed by atoms with Crippen LogP contribution in [-0.2, 0) is 19.0 Å². The molecular formula is C15H24O5. The second-order valence-electron chi connectivity index (χ2n) is 7.34. The number of hydrogen-bond donors (Lipinski definition) is 1. The van der Waals surface area contributed by atoms with Gasteiger partial charge in [-0.1, -0.05) is 13.8 Å². The highest BCUT2D eigenvalue weighted by atomic mass is 16.8. The lowest BCUT2D eigenvalue weighted by atomic mass is 9.48. The van der Waals surface area contributed by atoms with Gasteiger partial charge in [-0.2, -0.15) is 0 Å². The lowest BCUT2D eigenvalue weighted by Crippen LogP contribution is -2.68. The maximum absolute atomic E-state index is 12.2. The summed E-state index contributed by atoms with van der Waals surface area (Å²) in [6.45, 7) is 8.46. The number of aliphatic hydroxyl groups is 1. The molecule has 2 heterocycles. The summed E-state index contributed by atoms with van der Waals surface area (Å²) in [4.78, 5) is 12.2. The minimum Gasteiger partial charge on any atom is -0.455 e. The minimum atomic E-state index is -0.628. The Hall–Kier alpha value is -0.650. The molecule has 4 atom stereocenters. The lowest BCUT2D eigenvalue weighted by molar-refractivity contribution is -0.254. The molecule has 114 valence electrons. The van der Waals surface area contributed by atoms with Crippen LogP contribution in [-0.4, -0.2) is 41.8 Å². The monoisotopic (exact) mass is 284 g/mol. The second-order valence-corrected chi connectivity index (χ2v) is 7.34. The average Bonchev–Trinajstić information content (AvgIpc) is 2.80. The van der Waals surface area contributed by atoms with Crippen molar-refractivity contribution in [2.24, 2.45) is 17.3 Å². The zero-order chi connectivity index (χ0) is 14.8. The minimum absolute atomic E-state index is 0.0142. The van der Waals surface area contributed by atoms with E-state index in [1.807, 2.05) is 13.8 Å². The Balaban J connectivity index is 1.91. The predicted octanol–water partition coefficient (Wildman–Crippen LogP) is 1.48. The van der Waals surface area contributed by atoms with Gasteiger partial charge in [-0.25, -0.2) is 0 Å². The Morgan fingerprint density at radius 3 is 2.50 bits per heavy atom. The molecule has 0 aromatic heterocycles. The van der Waals surface area contributed by atoms with Gasteiger partial charge in [-0.15, -0.1) is 0 Å². The topological polar surface area (TPSA) is 65.0 Å². The van der Waals surface area contributed by atoms with Gasteiger partial charge >= 0.3 is 5.97 Å². The summed E-state index contributed by atoms with van der Waals surface area (Å²) < 4.78 is 17.5. The molecule has 20 heavy (non-hydrogen) atoms. The molecule has 1 aliphatic carbocycles. The van der Waals surface area contributed by atoms with Crippen molar-refractivity contribution in [2.75, 3.05) is 13.2 Å². The Morgan fingerprint density at radius 1 is 1.30 bits per heavy atom. The van der Waals surface area contributed by atoms with Crippen molar-refractivity contribution in [1.29, 1.82) is 0 Å². The van der Waals surface area contributed by atoms with Crippen LogP contribution in [0.25, 0.3) is 0 Å². The molecule has 2 saturated heterocycles. The number of fused-ring (bicyclic) bond motifs is 1. The van der Waals surface area contributed by atoms with E-state index in [-0.39, 0.29) is 35.9 Å². The van der Waals surface area contributed by atoms with Gasteiger partial charge in [0.2, 0.25) is 0 Å². The van der Waals surface area contributed by atoms with Crippen LogP contribution in [0.15, 0.2) is 0 Å². The third-order valence-electron chi connectivity index (χ3n) is 5.32. The Morgan fingerprint density at radius 2 is 2.00 bits per heavy atom. The van der Waals surface area contributed by atoms with Crippen LogP contribution in [0.5, 0.6) is 0 Å². The van der Waals surface area contributed by atoms with Gasteiger partial charge < -0.3 is 19.3 Å². The smallest absolute Gasteiger partial charge is 0.310 e. The summed E-state index contributed by atoms with van der Waals surface area (Å²) in [5.41, 5.74) is -0.719. The Labute approximate surface area is 119 Å². The van der Waals surface area contributed by atoms with Gasteiger partial charge in [-0.3, -0.25) is 4.79 Å². The van der Waals surface area contributed by atoms with Crippen LogP contribution in [0, 0.1) is 17.3 Å². The Bertz CT molecular complexity index is 430. The zero-order valence-corrected chi connectivity index (χ0v) is 12.6. The molecule has 3 fully saturated rings. The van der Waals surface area contributed by atoms with E-state index in [2.05, 4.69) is 13.8 Å². The standard InChI is InChI=1S/C15H24O5/c1-13(2)7-10-9(5-6-16)12(17)20-15(10,13)11-8-18-14(3,4)19-11/h9-11,16H,5-8H2,1-4H3/t9-,10-,11+,15-/m1/s1. The third kappa shape index (κ3) is 1.69. The van der Waals surface area contributed by atoms with Crippen LogP contribution >= 0.6 is 0 Å². The normalized spacial score (nSPS) is 44.9. The number of esters is 1. The molecule has 5 heteroatoms. The van der Waals surface area contributed by atoms with E-state index in [1.54, 1.807) is 0 Å². The molecule has 0 spiro atoms. The fraction of sp³-hybridized carbons (Fsp3) is 0.933. The molecule has 3 rings (SSSR count). The van der Waals surface area contributed by atoms with E-state index in [1.165, 1.54) is 0 Å². The lowest BCUT2D eigenvalue weighted by Gasteiger charge is -2.59. The number of hydrogen-bond acceptors (Lipinski definition) is 5. The SMILES string of the molecule is CC1(C)OC[C@@H]([C@]23OC(=O)[C@H](CCO)[C@H]2CC3(C)C)O1. The van der Waals surface area contributed by atoms with Crippen LogP contribution in [0.2, 0.25) is 0 Å². The molecular weight excluding hydrogens is 260 g/mol. The number of carbonyl (C=O) groups is 1. The maximum Gasteiger partial charge on any atom is 0.310 e. The summed E-state index contributed by atoms with van der Waals surface area (Å²) in [7, 11) is 0. The van der Waals surface area contributed by atoms with E-state index in [4.69, 9.17) is 14.2 Å². The number of ether oxygens (including phenoxy) is 3. The highest BCUT2D eigenvalue weighted by molar-refractivity contribution is 5.77. The van der Waals surface area contributed by atoms with Crippen LogP contribution in [0.4, 0.5) is 0 Å². The predicted molar refractivity (Wildman–Crippen MR) is 70.8 cm³/mol. The van der Waals surface area contributed by atoms with E-state index >= 15 is 0 Å². The van der Waals surface area contributed by atoms with Crippen LogP contribution in [0.3, 0.4) is 0 Å². The van der Waals surface area contributed by atoms with Crippen molar-refractivity contribution in [2.45, 2.75) is 58.0 Å². The first-order valence-corrected chi connectivity index (χ1v) is 7.39. The van der Waals surface area contributed by atoms with Gasteiger partial charge in [0, 0.05) is 17.9 Å². The molecule has 1 N–H and O–H groups in total. The molecule has 0 bridgehead atoms. The van der Waals surface area contributed by atoms with Crippen LogP contribution < -0.4 is 0 Å². The summed E-state index contributed by atoms with van der Waals surface area (Å²) in [5.74, 6) is -0.903. The third-order valence-corrected chi connectivity index (χ3v) is 5.32. The largest absolute Gasteiger partial charge is 0.455 e. The van der Waals surface area contributed by atoms with Gasteiger partial charge in [0.15, 0.2) is 5.79 Å². The van der Waals surface area contributed by atoms with Crippen molar-refractivity contribution < 1.29 is 24.1 Å². The quantitative estimate of drug-likeness (QED) is 0.795. The summed E-state index contributed by atoms with van der Waals surface area (Å²) in [5, 5.41) is 9.17. The highest BCUT2D eigenvalue weighted by Gasteiger charge is 2.75. The molecule has 0 aromatic rings. The van der Waals surface area contributed by atoms with Crippen molar-refractivity contribution in [1.82, 2.24) is 0 Å². The van der Waals surface area contributed by atoms with E-state index < -0.39 is 11.4 Å². The fourth-order valence-electron chi connectivity index (χ4n) is 4.39. The zero-order valence-electron chi connectivity index (χ0n) is 12.6. The molecule has 0 unspecified atom stereocenters. The first-order valence-electron chi connectivity index (χ1n) is 7.39. The average molecular weight is 284 g/mol. The summed E-state index contributed by atoms with van der Waals surface area (Å²) in [6, 6.07) is 0. The first-order chi connectivity index (χ1) is 9.23. The van der Waals surface area contributed by atoms with Gasteiger partial charge in [-0.05, 0) is 26.7 Å². The summed E-state index contributed by atoms with van der Waals surface area (Å²) >= 11 is 0. The molecule has 5 nitrogen and oxygen atoms in total. The molecule has 1 saturated carbocycles. The first kappa shape index (κ1) is 14.3. The molecule has 2 aliphatic heterocycles. The molecule has 0 amide bonds. The number of rotatable bonds is 3. The van der Waals surface area contributed by atoms with Gasteiger partial charge in [0.05, 0.1) is 12.5 Å². The Kier molecular flexibility index (Phi) is 2.99. The van der Waals surface area contributed by atoms with Crippen molar-refractivity contribution in [3.63, 3.8) is 0 Å². The van der Waals surface area contributed by atoms with Gasteiger partial charge in [0.25, 0.3) is 0 Å². The van der Waals surface area contributed by atoms with E-state index in [0.717, 1.165) is 6.42 Å². The maximum atomic E-state index is 12.2. The molecule has 0 radical (unpaired) electrons. The van der Waals surface area contributed by atoms with E-state index in [9.17, 15) is 9.90 Å².